The lowest BCUT2D eigenvalue weighted by atomic mass is 10.2. The third kappa shape index (κ3) is 4.37. The molecule has 0 saturated heterocycles. The fourth-order valence-corrected chi connectivity index (χ4v) is 2.58. The van der Waals surface area contributed by atoms with Crippen LogP contribution >= 0.6 is 27.5 Å². The van der Waals surface area contributed by atoms with Crippen LogP contribution in [-0.2, 0) is 4.79 Å². The highest BCUT2D eigenvalue weighted by Crippen LogP contribution is 2.32. The van der Waals surface area contributed by atoms with E-state index in [0.29, 0.717) is 23.2 Å². The van der Waals surface area contributed by atoms with Crippen molar-refractivity contribution in [2.75, 3.05) is 13.2 Å². The number of nitrogens with two attached hydrogens (primary N) is 1. The van der Waals surface area contributed by atoms with Gasteiger partial charge in [0.05, 0.1) is 5.02 Å². The van der Waals surface area contributed by atoms with Crippen molar-refractivity contribution in [2.24, 2.45) is 11.7 Å². The Morgan fingerprint density at radius 1 is 1.58 bits per heavy atom. The van der Waals surface area contributed by atoms with E-state index in [-0.39, 0.29) is 18.6 Å². The number of rotatable bonds is 6. The van der Waals surface area contributed by atoms with Gasteiger partial charge in [0.2, 0.25) is 0 Å². The summed E-state index contributed by atoms with van der Waals surface area (Å²) in [4.78, 5) is 11.8. The number of hydrogen-bond acceptors (Lipinski definition) is 3. The molecule has 3 N–H and O–H groups in total. The second-order valence-corrected chi connectivity index (χ2v) is 5.93. The van der Waals surface area contributed by atoms with Gasteiger partial charge in [0, 0.05) is 17.1 Å². The Morgan fingerprint density at radius 3 is 2.89 bits per heavy atom. The summed E-state index contributed by atoms with van der Waals surface area (Å²) in [7, 11) is 0. The minimum atomic E-state index is -0.165. The number of carbonyl (C=O) groups excluding carboxylic acids is 1. The Hall–Kier alpha value is -0.780. The Morgan fingerprint density at radius 2 is 2.32 bits per heavy atom. The smallest absolute Gasteiger partial charge is 0.258 e. The first-order valence-electron chi connectivity index (χ1n) is 6.17. The van der Waals surface area contributed by atoms with Gasteiger partial charge < -0.3 is 15.8 Å². The van der Waals surface area contributed by atoms with Crippen molar-refractivity contribution in [3.63, 3.8) is 0 Å². The highest BCUT2D eigenvalue weighted by Gasteiger charge is 2.31. The molecule has 1 aliphatic carbocycles. The van der Waals surface area contributed by atoms with Crippen LogP contribution in [0.25, 0.3) is 0 Å². The third-order valence-electron chi connectivity index (χ3n) is 3.04. The SMILES string of the molecule is NCC(NC(=O)COc1ccc(Br)cc1Cl)C1CC1. The van der Waals surface area contributed by atoms with Crippen molar-refractivity contribution in [3.05, 3.63) is 27.7 Å². The van der Waals surface area contributed by atoms with E-state index in [1.165, 1.54) is 0 Å². The van der Waals surface area contributed by atoms with Crippen LogP contribution in [0.5, 0.6) is 5.75 Å². The molecule has 1 saturated carbocycles. The van der Waals surface area contributed by atoms with E-state index in [1.54, 1.807) is 12.1 Å². The first-order chi connectivity index (χ1) is 9.10. The van der Waals surface area contributed by atoms with E-state index in [9.17, 15) is 4.79 Å². The molecule has 2 rings (SSSR count). The molecular weight excluding hydrogens is 332 g/mol. The molecule has 1 atom stereocenters. The lowest BCUT2D eigenvalue weighted by Crippen LogP contribution is -2.43. The van der Waals surface area contributed by atoms with Gasteiger partial charge in [-0.1, -0.05) is 27.5 Å². The van der Waals surface area contributed by atoms with Gasteiger partial charge in [-0.3, -0.25) is 4.79 Å². The van der Waals surface area contributed by atoms with Gasteiger partial charge in [0.15, 0.2) is 6.61 Å². The van der Waals surface area contributed by atoms with Gasteiger partial charge in [-0.05, 0) is 37.0 Å². The maximum Gasteiger partial charge on any atom is 0.258 e. The molecule has 1 aromatic rings. The highest BCUT2D eigenvalue weighted by molar-refractivity contribution is 9.10. The molecule has 1 unspecified atom stereocenters. The van der Waals surface area contributed by atoms with Crippen molar-refractivity contribution < 1.29 is 9.53 Å². The van der Waals surface area contributed by atoms with Crippen molar-refractivity contribution in [3.8, 4) is 5.75 Å². The molecule has 6 heteroatoms. The summed E-state index contributed by atoms with van der Waals surface area (Å²) >= 11 is 9.31. The van der Waals surface area contributed by atoms with E-state index in [0.717, 1.165) is 17.3 Å². The van der Waals surface area contributed by atoms with Crippen molar-refractivity contribution in [1.82, 2.24) is 5.32 Å². The van der Waals surface area contributed by atoms with Gasteiger partial charge in [0.1, 0.15) is 5.75 Å². The Bertz CT molecular complexity index is 466. The van der Waals surface area contributed by atoms with Gasteiger partial charge in [0.25, 0.3) is 5.91 Å². The average molecular weight is 348 g/mol. The van der Waals surface area contributed by atoms with Gasteiger partial charge >= 0.3 is 0 Å². The van der Waals surface area contributed by atoms with E-state index in [2.05, 4.69) is 21.2 Å². The first-order valence-corrected chi connectivity index (χ1v) is 7.34. The quantitative estimate of drug-likeness (QED) is 0.830. The monoisotopic (exact) mass is 346 g/mol. The summed E-state index contributed by atoms with van der Waals surface area (Å²) in [6.07, 6.45) is 2.28. The van der Waals surface area contributed by atoms with Crippen LogP contribution in [0.15, 0.2) is 22.7 Å². The maximum absolute atomic E-state index is 11.8. The van der Waals surface area contributed by atoms with E-state index < -0.39 is 0 Å². The van der Waals surface area contributed by atoms with E-state index in [4.69, 9.17) is 22.1 Å². The minimum absolute atomic E-state index is 0.0510. The fraction of sp³-hybridized carbons (Fsp3) is 0.462. The maximum atomic E-state index is 11.8. The number of ether oxygens (including phenoxy) is 1. The molecule has 0 bridgehead atoms. The summed E-state index contributed by atoms with van der Waals surface area (Å²) in [5.41, 5.74) is 5.63. The van der Waals surface area contributed by atoms with Crippen molar-refractivity contribution in [1.29, 1.82) is 0 Å². The molecule has 0 radical (unpaired) electrons. The minimum Gasteiger partial charge on any atom is -0.482 e. The molecule has 1 aliphatic rings. The number of carbonyl (C=O) groups is 1. The average Bonchev–Trinajstić information content (AvgIpc) is 3.19. The number of amides is 1. The van der Waals surface area contributed by atoms with Gasteiger partial charge in [-0.2, -0.15) is 0 Å². The van der Waals surface area contributed by atoms with Gasteiger partial charge in [-0.25, -0.2) is 0 Å². The zero-order valence-corrected chi connectivity index (χ0v) is 12.7. The molecule has 19 heavy (non-hydrogen) atoms. The van der Waals surface area contributed by atoms with Crippen LogP contribution < -0.4 is 15.8 Å². The van der Waals surface area contributed by atoms with Crippen LogP contribution in [0.1, 0.15) is 12.8 Å². The Balaban J connectivity index is 1.82. The fourth-order valence-electron chi connectivity index (χ4n) is 1.85. The standard InChI is InChI=1S/C13H16BrClN2O2/c14-9-3-4-12(10(15)5-9)19-7-13(18)17-11(6-16)8-1-2-8/h3-5,8,11H,1-2,6-7,16H2,(H,17,18). The summed E-state index contributed by atoms with van der Waals surface area (Å²) in [5.74, 6) is 0.863. The zero-order chi connectivity index (χ0) is 13.8. The van der Waals surface area contributed by atoms with Crippen LogP contribution in [-0.4, -0.2) is 25.1 Å². The molecule has 1 aromatic carbocycles. The Labute approximate surface area is 125 Å². The number of halogens is 2. The van der Waals surface area contributed by atoms with Crippen LogP contribution in [0.4, 0.5) is 0 Å². The summed E-state index contributed by atoms with van der Waals surface area (Å²) < 4.78 is 6.26. The second kappa shape index (κ2) is 6.59. The molecule has 0 aliphatic heterocycles. The number of benzene rings is 1. The molecule has 0 aromatic heterocycles. The van der Waals surface area contributed by atoms with Crippen LogP contribution in [0, 0.1) is 5.92 Å². The molecule has 0 heterocycles. The lowest BCUT2D eigenvalue weighted by molar-refractivity contribution is -0.123. The third-order valence-corrected chi connectivity index (χ3v) is 3.83. The topological polar surface area (TPSA) is 64.3 Å². The summed E-state index contributed by atoms with van der Waals surface area (Å²) in [6.45, 7) is 0.417. The molecule has 0 spiro atoms. The highest BCUT2D eigenvalue weighted by atomic mass is 79.9. The number of hydrogen-bond donors (Lipinski definition) is 2. The van der Waals surface area contributed by atoms with Crippen LogP contribution in [0.2, 0.25) is 5.02 Å². The van der Waals surface area contributed by atoms with Crippen molar-refractivity contribution >= 4 is 33.4 Å². The summed E-state index contributed by atoms with van der Waals surface area (Å²) in [6, 6.07) is 5.32. The molecular formula is C13H16BrClN2O2. The zero-order valence-electron chi connectivity index (χ0n) is 10.4. The summed E-state index contributed by atoms with van der Waals surface area (Å²) in [5, 5.41) is 3.36. The van der Waals surface area contributed by atoms with Crippen LogP contribution in [0.3, 0.4) is 0 Å². The Kier molecular flexibility index (Phi) is 5.07. The van der Waals surface area contributed by atoms with Crippen molar-refractivity contribution in [2.45, 2.75) is 18.9 Å². The first kappa shape index (κ1) is 14.6. The molecule has 104 valence electrons. The predicted octanol–water partition coefficient (Wildman–Crippen LogP) is 2.33. The number of nitrogens with one attached hydrogen (secondary N) is 1. The normalized spacial score (nSPS) is 15.9. The van der Waals surface area contributed by atoms with Gasteiger partial charge in [-0.15, -0.1) is 0 Å². The largest absolute Gasteiger partial charge is 0.482 e. The van der Waals surface area contributed by atoms with E-state index >= 15 is 0 Å². The van der Waals surface area contributed by atoms with E-state index in [1.807, 2.05) is 6.07 Å². The molecule has 1 amide bonds. The second-order valence-electron chi connectivity index (χ2n) is 4.61. The molecule has 4 nitrogen and oxygen atoms in total. The molecule has 1 fully saturated rings. The predicted molar refractivity (Wildman–Crippen MR) is 78.4 cm³/mol. The lowest BCUT2D eigenvalue weighted by Gasteiger charge is -2.16.